The molecule has 4 heterocycles. The number of carbonyl (C=O) groups excluding carboxylic acids is 1. The summed E-state index contributed by atoms with van der Waals surface area (Å²) >= 11 is 2.43. The first-order valence-electron chi connectivity index (χ1n) is 14.6. The Hall–Kier alpha value is -5.94. The number of thioether (sulfide) groups is 2. The van der Waals surface area contributed by atoms with Crippen LogP contribution in [0.5, 0.6) is 5.75 Å². The number of methoxy groups -OCH3 is 1. The number of carbonyl (C=O) groups is 1. The molecule has 0 fully saturated rings. The number of hydrogen-bond acceptors (Lipinski definition) is 12. The highest BCUT2D eigenvalue weighted by atomic mass is 32.2. The van der Waals surface area contributed by atoms with E-state index in [4.69, 9.17) is 4.74 Å². The van der Waals surface area contributed by atoms with Gasteiger partial charge < -0.3 is 19.9 Å². The Morgan fingerprint density at radius 2 is 1.52 bits per heavy atom. The molecule has 0 atom stereocenters. The van der Waals surface area contributed by atoms with E-state index >= 15 is 0 Å². The van der Waals surface area contributed by atoms with Crippen LogP contribution in [-0.2, 0) is 4.79 Å². The highest BCUT2D eigenvalue weighted by Crippen LogP contribution is 2.59. The van der Waals surface area contributed by atoms with E-state index in [1.165, 1.54) is 34.8 Å². The predicted octanol–water partition coefficient (Wildman–Crippen LogP) is 5.22. The van der Waals surface area contributed by atoms with Gasteiger partial charge in [0.1, 0.15) is 34.7 Å². The Kier molecular flexibility index (Phi) is 7.28. The van der Waals surface area contributed by atoms with Crippen LogP contribution in [0.25, 0.3) is 21.7 Å². The zero-order valence-corrected chi connectivity index (χ0v) is 27.9. The smallest absolute Gasteiger partial charge is 0.267 e. The van der Waals surface area contributed by atoms with E-state index in [0.717, 1.165) is 0 Å². The molecule has 0 bridgehead atoms. The summed E-state index contributed by atoms with van der Waals surface area (Å²) in [5.41, 5.74) is 4.26. The standard InChI is InChI=1S/C35H24N8O3S2/c1-17-19(14-36)32-40-22-10-6-8-12-24(22)43(32)33(45)26(17)34-41(3)28-20(15-37)31-29(21(16-38)30(28)47-34)42(4)35(48-31)27(18(2)44)39-23-11-7-9-13-25(23)46-5/h6-13,39H,1-5H3. The third-order valence-electron chi connectivity index (χ3n) is 8.47. The van der Waals surface area contributed by atoms with Gasteiger partial charge in [0.05, 0.1) is 71.9 Å². The Bertz CT molecular complexity index is 2560. The normalized spacial score (nSPS) is 15.5. The fourth-order valence-corrected chi connectivity index (χ4v) is 8.86. The Labute approximate surface area is 282 Å². The summed E-state index contributed by atoms with van der Waals surface area (Å²) in [5, 5.41) is 35.9. The first kappa shape index (κ1) is 30.7. The van der Waals surface area contributed by atoms with Gasteiger partial charge in [-0.1, -0.05) is 47.8 Å². The average Bonchev–Trinajstić information content (AvgIpc) is 3.74. The van der Waals surface area contributed by atoms with Crippen LogP contribution in [0, 0.1) is 40.9 Å². The van der Waals surface area contributed by atoms with E-state index in [-0.39, 0.29) is 28.3 Å². The van der Waals surface area contributed by atoms with Crippen molar-refractivity contribution in [3.8, 4) is 24.0 Å². The zero-order valence-electron chi connectivity index (χ0n) is 26.3. The van der Waals surface area contributed by atoms with Crippen molar-refractivity contribution in [1.29, 1.82) is 15.8 Å². The van der Waals surface area contributed by atoms with Crippen LogP contribution in [0.4, 0.5) is 17.1 Å². The predicted molar refractivity (Wildman–Crippen MR) is 186 cm³/mol. The second-order valence-electron chi connectivity index (χ2n) is 11.1. The van der Waals surface area contributed by atoms with Gasteiger partial charge in [-0.3, -0.25) is 14.0 Å². The summed E-state index contributed by atoms with van der Waals surface area (Å²) in [6.45, 7) is 3.16. The van der Waals surface area contributed by atoms with Crippen LogP contribution in [-0.4, -0.2) is 36.4 Å². The topological polar surface area (TPSA) is 151 Å². The number of Topliss-reactive ketones (excluding diaryl/α,β-unsaturated/α-hetero) is 1. The van der Waals surface area contributed by atoms with Gasteiger partial charge in [0.15, 0.2) is 11.4 Å². The van der Waals surface area contributed by atoms with E-state index in [9.17, 15) is 25.4 Å². The highest BCUT2D eigenvalue weighted by Gasteiger charge is 2.40. The molecular formula is C35H24N8O3S2. The molecule has 1 N–H and O–H groups in total. The number of fused-ring (bicyclic) bond motifs is 5. The minimum Gasteiger partial charge on any atom is -0.495 e. The summed E-state index contributed by atoms with van der Waals surface area (Å²) < 4.78 is 6.93. The third-order valence-corrected chi connectivity index (χ3v) is 11.0. The van der Waals surface area contributed by atoms with Crippen LogP contribution in [0.2, 0.25) is 0 Å². The number of para-hydroxylation sites is 4. The summed E-state index contributed by atoms with van der Waals surface area (Å²) in [6, 6.07) is 21.3. The molecule has 48 heavy (non-hydrogen) atoms. The maximum absolute atomic E-state index is 14.3. The van der Waals surface area contributed by atoms with Crippen molar-refractivity contribution in [1.82, 2.24) is 9.38 Å². The van der Waals surface area contributed by atoms with E-state index in [0.29, 0.717) is 75.6 Å². The lowest BCUT2D eigenvalue weighted by Crippen LogP contribution is -2.38. The minimum atomic E-state index is -0.355. The number of nitrogens with one attached hydrogen (secondary N) is 1. The monoisotopic (exact) mass is 668 g/mol. The number of hydrogen-bond donors (Lipinski definition) is 1. The van der Waals surface area contributed by atoms with Crippen molar-refractivity contribution >= 4 is 68.1 Å². The molecule has 11 nitrogen and oxygen atoms in total. The molecule has 2 aliphatic rings. The van der Waals surface area contributed by atoms with Crippen LogP contribution in [0.15, 0.2) is 73.8 Å². The van der Waals surface area contributed by atoms with Gasteiger partial charge in [-0.2, -0.15) is 15.8 Å². The molecule has 0 saturated heterocycles. The lowest BCUT2D eigenvalue weighted by Gasteiger charge is -2.20. The zero-order chi connectivity index (χ0) is 34.0. The summed E-state index contributed by atoms with van der Waals surface area (Å²) in [5.74, 6) is 0.300. The van der Waals surface area contributed by atoms with Gasteiger partial charge in [0.25, 0.3) is 5.56 Å². The molecule has 0 saturated carbocycles. The summed E-state index contributed by atoms with van der Waals surface area (Å²) in [7, 11) is 5.04. The first-order chi connectivity index (χ1) is 23.2. The minimum absolute atomic E-state index is 0.246. The number of rotatable bonds is 4. The third kappa shape index (κ3) is 4.24. The molecule has 3 aromatic carbocycles. The number of pyridine rings is 1. The molecule has 13 heteroatoms. The van der Waals surface area contributed by atoms with E-state index in [1.54, 1.807) is 68.3 Å². The van der Waals surface area contributed by atoms with Crippen LogP contribution >= 0.6 is 23.5 Å². The van der Waals surface area contributed by atoms with Crippen molar-refractivity contribution in [3.63, 3.8) is 0 Å². The lowest BCUT2D eigenvalue weighted by atomic mass is 10.1. The van der Waals surface area contributed by atoms with Crippen molar-refractivity contribution < 1.29 is 9.53 Å². The molecule has 0 amide bonds. The van der Waals surface area contributed by atoms with Crippen molar-refractivity contribution in [3.05, 3.63) is 97.1 Å². The number of nitriles is 3. The number of allylic oxidation sites excluding steroid dienone is 1. The van der Waals surface area contributed by atoms with Crippen molar-refractivity contribution in [2.24, 2.45) is 0 Å². The van der Waals surface area contributed by atoms with Crippen LogP contribution in [0.1, 0.15) is 29.2 Å². The lowest BCUT2D eigenvalue weighted by molar-refractivity contribution is -0.113. The number of ether oxygens (including phenoxy) is 1. The number of nitrogens with zero attached hydrogens (tertiary/aromatic N) is 7. The van der Waals surface area contributed by atoms with Crippen LogP contribution < -0.4 is 30.6 Å². The SMILES string of the molecule is COc1ccccc1NC(C(C)=O)=C1Sc2c(C#N)c3c(c(C#N)c2N1C)SC(=c1c(C)c(C#N)c2nc4ccccc4n2c1=O)N3C. The van der Waals surface area contributed by atoms with Gasteiger partial charge in [-0.25, -0.2) is 4.98 Å². The van der Waals surface area contributed by atoms with Gasteiger partial charge in [-0.05, 0) is 36.8 Å². The van der Waals surface area contributed by atoms with Crippen molar-refractivity contribution in [2.75, 3.05) is 36.3 Å². The summed E-state index contributed by atoms with van der Waals surface area (Å²) in [4.78, 5) is 36.4. The molecule has 0 radical (unpaired) electrons. The second-order valence-corrected chi connectivity index (χ2v) is 13.1. The summed E-state index contributed by atoms with van der Waals surface area (Å²) in [6.07, 6.45) is 0. The molecule has 0 spiro atoms. The van der Waals surface area contributed by atoms with Gasteiger partial charge >= 0.3 is 0 Å². The molecular weight excluding hydrogens is 645 g/mol. The second kappa shape index (κ2) is 11.4. The molecule has 234 valence electrons. The first-order valence-corrected chi connectivity index (χ1v) is 16.2. The Morgan fingerprint density at radius 1 is 0.896 bits per heavy atom. The average molecular weight is 669 g/mol. The number of imidazole rings is 1. The fourth-order valence-electron chi connectivity index (χ4n) is 6.22. The van der Waals surface area contributed by atoms with Crippen LogP contribution in [0.3, 0.4) is 0 Å². The fraction of sp³-hybridized carbons (Fsp3) is 0.143. The maximum atomic E-state index is 14.3. The number of benzene rings is 3. The van der Waals surface area contributed by atoms with Gasteiger partial charge in [0, 0.05) is 21.0 Å². The maximum Gasteiger partial charge on any atom is 0.267 e. The molecule has 5 aromatic rings. The Morgan fingerprint density at radius 3 is 2.19 bits per heavy atom. The van der Waals surface area contributed by atoms with E-state index in [1.807, 2.05) is 18.2 Å². The van der Waals surface area contributed by atoms with E-state index < -0.39 is 0 Å². The van der Waals surface area contributed by atoms with Gasteiger partial charge in [0.2, 0.25) is 0 Å². The molecule has 2 aromatic heterocycles. The van der Waals surface area contributed by atoms with Crippen molar-refractivity contribution in [2.45, 2.75) is 23.6 Å². The number of aromatic nitrogens is 2. The Balaban J connectivity index is 1.46. The molecule has 2 aliphatic heterocycles. The number of anilines is 3. The van der Waals surface area contributed by atoms with E-state index in [2.05, 4.69) is 28.5 Å². The molecule has 0 aliphatic carbocycles. The molecule has 7 rings (SSSR count). The largest absolute Gasteiger partial charge is 0.495 e. The highest BCUT2D eigenvalue weighted by molar-refractivity contribution is 8.08. The molecule has 0 unspecified atom stereocenters. The number of ketones is 1. The quantitative estimate of drug-likeness (QED) is 0.250. The van der Waals surface area contributed by atoms with Gasteiger partial charge in [-0.15, -0.1) is 0 Å².